The Labute approximate surface area is 347 Å². The van der Waals surface area contributed by atoms with Crippen molar-refractivity contribution in [2.75, 3.05) is 0 Å². The van der Waals surface area contributed by atoms with Gasteiger partial charge in [-0.05, 0) is 83.7 Å². The minimum atomic E-state index is -2.38. The van der Waals surface area contributed by atoms with Gasteiger partial charge >= 0.3 is 135 Å². The first-order valence-corrected chi connectivity index (χ1v) is 26.3. The van der Waals surface area contributed by atoms with Crippen LogP contribution >= 0.6 is 11.3 Å². The molecule has 9 rings (SSSR count). The number of aryl methyl sites for hydroxylation is 2. The number of pyridine rings is 2. The van der Waals surface area contributed by atoms with Gasteiger partial charge in [-0.3, -0.25) is 0 Å². The molecule has 3 aromatic carbocycles. The molecule has 6 aromatic rings. The Morgan fingerprint density at radius 3 is 2.44 bits per heavy atom. The van der Waals surface area contributed by atoms with E-state index in [2.05, 4.69) is 39.4 Å². The van der Waals surface area contributed by atoms with Crippen LogP contribution in [0, 0.1) is 49.0 Å². The van der Waals surface area contributed by atoms with Crippen LogP contribution in [0.5, 0.6) is 0 Å². The number of thiophene rings is 1. The Balaban J connectivity index is 0.000000230. The van der Waals surface area contributed by atoms with E-state index in [1.807, 2.05) is 57.3 Å². The maximum Gasteiger partial charge on any atom is 0 e. The summed E-state index contributed by atoms with van der Waals surface area (Å²) < 4.78 is 86.0. The van der Waals surface area contributed by atoms with Crippen molar-refractivity contribution in [1.29, 1.82) is 0 Å². The van der Waals surface area contributed by atoms with E-state index in [1.165, 1.54) is 36.3 Å². The molecule has 0 aliphatic heterocycles. The predicted octanol–water partition coefficient (Wildman–Crippen LogP) is 12.6. The van der Waals surface area contributed by atoms with E-state index in [9.17, 15) is 0 Å². The predicted molar refractivity (Wildman–Crippen MR) is 223 cm³/mol. The molecule has 273 valence electrons. The van der Waals surface area contributed by atoms with Crippen molar-refractivity contribution >= 4 is 49.2 Å². The molecule has 2 nitrogen and oxygen atoms in total. The van der Waals surface area contributed by atoms with E-state index >= 15 is 0 Å². The molecule has 0 spiro atoms. The summed E-state index contributed by atoms with van der Waals surface area (Å²) in [6.45, 7) is 1.23. The third kappa shape index (κ3) is 8.84. The van der Waals surface area contributed by atoms with Gasteiger partial charge in [-0.1, -0.05) is 48.8 Å². The number of rotatable bonds is 6. The van der Waals surface area contributed by atoms with Gasteiger partial charge in [-0.15, -0.1) is 23.3 Å². The minimum absolute atomic E-state index is 0. The summed E-state index contributed by atoms with van der Waals surface area (Å²) in [5.74, 6) is 7.85. The average molecular weight is 954 g/mol. The molecule has 0 N–H and O–H groups in total. The van der Waals surface area contributed by atoms with Gasteiger partial charge < -0.3 is 4.98 Å². The van der Waals surface area contributed by atoms with Gasteiger partial charge in [0.05, 0.1) is 0 Å². The SMILES string of the molecule is [2H]C([2H])([2H])c1ccc2c(c1)sc1c(-c3cc(C([2H])([2H])C4CC5CCC4CC5)ccn3)[c-]cc(C([2H])([2H])[2H])c12.[2H]C([2H])(c1cc(-c2[c-]cccc2)nc[c]1[Ge]([CH3])([CH3])[CH3])C(C)(C)C.[Ir]. The van der Waals surface area contributed by atoms with Gasteiger partial charge in [0.25, 0.3) is 0 Å². The third-order valence-corrected chi connectivity index (χ3v) is 15.6. The first kappa shape index (κ1) is 27.9. The molecule has 52 heavy (non-hydrogen) atoms. The summed E-state index contributed by atoms with van der Waals surface area (Å²) >= 11 is -0.911. The van der Waals surface area contributed by atoms with Gasteiger partial charge in [-0.25, -0.2) is 0 Å². The molecule has 3 aromatic heterocycles. The summed E-state index contributed by atoms with van der Waals surface area (Å²) in [4.78, 5) is 9.18. The van der Waals surface area contributed by atoms with Crippen molar-refractivity contribution in [2.24, 2.45) is 23.2 Å². The van der Waals surface area contributed by atoms with Crippen molar-refractivity contribution in [1.82, 2.24) is 9.97 Å². The molecule has 1 atom stereocenters. The van der Waals surface area contributed by atoms with Crippen LogP contribution in [0.15, 0.2) is 79.1 Å². The third-order valence-electron chi connectivity index (χ3n) is 10.2. The van der Waals surface area contributed by atoms with Crippen LogP contribution < -0.4 is 4.40 Å². The molecule has 3 heterocycles. The molecule has 3 saturated carbocycles. The summed E-state index contributed by atoms with van der Waals surface area (Å²) in [5.41, 5.74) is 4.13. The fraction of sp³-hybridized carbons (Fsp3) is 0.404. The van der Waals surface area contributed by atoms with Crippen LogP contribution in [0.3, 0.4) is 0 Å². The minimum Gasteiger partial charge on any atom is 0 e. The molecule has 1 unspecified atom stereocenters. The van der Waals surface area contributed by atoms with Crippen LogP contribution in [0.4, 0.5) is 0 Å². The second kappa shape index (κ2) is 16.0. The van der Waals surface area contributed by atoms with Gasteiger partial charge in [0.15, 0.2) is 0 Å². The summed E-state index contributed by atoms with van der Waals surface area (Å²) in [6.07, 6.45) is 6.15. The Kier molecular flexibility index (Phi) is 8.58. The number of benzene rings is 3. The Bertz CT molecular complexity index is 2550. The summed E-state index contributed by atoms with van der Waals surface area (Å²) in [7, 11) is 0. The normalized spacial score (nSPS) is 22.5. The topological polar surface area (TPSA) is 25.8 Å². The standard InChI is InChI=1S/C28H28NS.C19H26GeN.Ir/c1-17-3-9-24-26(13-17)30-28-23(10-4-18(2)27(24)28)25-16-20(11-12-29-25)15-22-14-19-5-7-21(22)8-6-19;1-19(2,3)13-16-12-18(15-10-8-7-9-11-15)21-14-17(16)20(4,5)6;/h3-4,9,11-13,16,19,21-22H,5-8,14-15H2,1-2H3;7-10,12,14H,13H2,1-6H3;/q2*-1;/i1D3,2D3,15D2;13D2;. The van der Waals surface area contributed by atoms with E-state index in [0.29, 0.717) is 48.8 Å². The fourth-order valence-electron chi connectivity index (χ4n) is 7.70. The van der Waals surface area contributed by atoms with Crippen LogP contribution in [0.1, 0.15) is 88.8 Å². The Hall–Kier alpha value is -2.63. The van der Waals surface area contributed by atoms with E-state index in [0.717, 1.165) is 40.5 Å². The van der Waals surface area contributed by atoms with E-state index in [1.54, 1.807) is 30.5 Å². The van der Waals surface area contributed by atoms with Crippen LogP contribution in [0.2, 0.25) is 17.3 Å². The zero-order chi connectivity index (χ0) is 44.5. The maximum absolute atomic E-state index is 9.13. The van der Waals surface area contributed by atoms with Gasteiger partial charge in [0.1, 0.15) is 0 Å². The van der Waals surface area contributed by atoms with E-state index in [-0.39, 0.29) is 37.2 Å². The van der Waals surface area contributed by atoms with Gasteiger partial charge in [-0.2, -0.15) is 11.3 Å². The van der Waals surface area contributed by atoms with Crippen LogP contribution in [-0.2, 0) is 32.9 Å². The first-order valence-electron chi connectivity index (χ1n) is 23.2. The number of fused-ring (bicyclic) bond motifs is 6. The molecule has 3 aliphatic rings. The second-order valence-corrected chi connectivity index (χ2v) is 27.9. The Morgan fingerprint density at radius 2 is 1.77 bits per heavy atom. The maximum atomic E-state index is 9.13. The zero-order valence-electron chi connectivity index (χ0n) is 40.9. The fourth-order valence-corrected chi connectivity index (χ4v) is 11.9. The van der Waals surface area contributed by atoms with E-state index in [4.69, 9.17) is 13.7 Å². The molecule has 5 heteroatoms. The summed E-state index contributed by atoms with van der Waals surface area (Å²) in [6, 6.07) is 25.9. The molecule has 3 fully saturated rings. The smallest absolute Gasteiger partial charge is 0 e. The molecular weight excluding hydrogens is 889 g/mol. The van der Waals surface area contributed by atoms with Gasteiger partial charge in [0.2, 0.25) is 0 Å². The molecule has 1 radical (unpaired) electrons. The zero-order valence-corrected chi connectivity index (χ0v) is 36.2. The molecule has 2 bridgehead atoms. The second-order valence-electron chi connectivity index (χ2n) is 16.3. The molecule has 0 amide bonds. The molecular formula is C47H54GeIrN2S-2. The van der Waals surface area contributed by atoms with Gasteiger partial charge in [0, 0.05) is 42.0 Å². The number of aromatic nitrogens is 2. The number of hydrogen-bond donors (Lipinski definition) is 0. The summed E-state index contributed by atoms with van der Waals surface area (Å²) in [5, 5.41) is 1.24. The monoisotopic (exact) mass is 955 g/mol. The van der Waals surface area contributed by atoms with Crippen molar-refractivity contribution in [3.63, 3.8) is 0 Å². The van der Waals surface area contributed by atoms with Crippen molar-refractivity contribution < 1.29 is 33.8 Å². The van der Waals surface area contributed by atoms with Crippen LogP contribution in [0.25, 0.3) is 42.7 Å². The van der Waals surface area contributed by atoms with Crippen molar-refractivity contribution in [3.8, 4) is 22.5 Å². The number of hydrogen-bond acceptors (Lipinski definition) is 3. The van der Waals surface area contributed by atoms with Crippen molar-refractivity contribution in [3.05, 3.63) is 114 Å². The largest absolute Gasteiger partial charge is 0 e. The first-order chi connectivity index (χ1) is 28.3. The van der Waals surface area contributed by atoms with Crippen molar-refractivity contribution in [2.45, 2.75) is 96.6 Å². The molecule has 3 aliphatic carbocycles. The molecule has 0 saturated heterocycles. The average Bonchev–Trinajstić information content (AvgIpc) is 3.59. The van der Waals surface area contributed by atoms with Crippen LogP contribution in [-0.4, -0.2) is 23.2 Å². The Morgan fingerprint density at radius 1 is 0.942 bits per heavy atom. The number of nitrogens with zero attached hydrogens (tertiary/aromatic N) is 2. The quantitative estimate of drug-likeness (QED) is 0.123. The van der Waals surface area contributed by atoms with E-state index < -0.39 is 45.1 Å².